The van der Waals surface area contributed by atoms with Gasteiger partial charge in [-0.25, -0.2) is 0 Å². The van der Waals surface area contributed by atoms with Crippen LogP contribution in [0.25, 0.3) is 10.8 Å². The van der Waals surface area contributed by atoms with Crippen molar-refractivity contribution in [2.75, 3.05) is 7.11 Å². The lowest BCUT2D eigenvalue weighted by Crippen LogP contribution is -2.53. The molecular weight excluding hydrogens is 394 g/mol. The Balaban J connectivity index is 1.31. The number of benzene rings is 1. The van der Waals surface area contributed by atoms with E-state index < -0.39 is 5.60 Å². The van der Waals surface area contributed by atoms with Gasteiger partial charge in [0.05, 0.1) is 11.7 Å². The fourth-order valence-electron chi connectivity index (χ4n) is 8.35. The van der Waals surface area contributed by atoms with E-state index in [4.69, 9.17) is 4.74 Å². The molecule has 1 aromatic carbocycles. The molecule has 1 aromatic heterocycles. The van der Waals surface area contributed by atoms with Gasteiger partial charge in [0.2, 0.25) is 0 Å². The Morgan fingerprint density at radius 3 is 2.81 bits per heavy atom. The van der Waals surface area contributed by atoms with Crippen molar-refractivity contribution in [3.63, 3.8) is 0 Å². The van der Waals surface area contributed by atoms with E-state index in [0.717, 1.165) is 44.9 Å². The van der Waals surface area contributed by atoms with Gasteiger partial charge in [0, 0.05) is 30.8 Å². The van der Waals surface area contributed by atoms with Crippen molar-refractivity contribution in [3.8, 4) is 0 Å². The first-order chi connectivity index (χ1) is 15.5. The fraction of sp³-hybridized carbons (Fsp3) is 0.621. The van der Waals surface area contributed by atoms with Gasteiger partial charge in [-0.15, -0.1) is 0 Å². The van der Waals surface area contributed by atoms with Crippen LogP contribution in [0.2, 0.25) is 0 Å². The molecule has 2 aromatic rings. The fourth-order valence-corrected chi connectivity index (χ4v) is 8.35. The highest BCUT2D eigenvalue weighted by atomic mass is 16.5. The van der Waals surface area contributed by atoms with E-state index >= 15 is 0 Å². The molecule has 3 nitrogen and oxygen atoms in total. The Bertz CT molecular complexity index is 1050. The Morgan fingerprint density at radius 1 is 1.03 bits per heavy atom. The Morgan fingerprint density at radius 2 is 1.94 bits per heavy atom. The summed E-state index contributed by atoms with van der Waals surface area (Å²) in [7, 11) is 1.86. The van der Waals surface area contributed by atoms with Crippen LogP contribution in [0.15, 0.2) is 48.3 Å². The summed E-state index contributed by atoms with van der Waals surface area (Å²) in [4.78, 5) is 4.35. The third-order valence-electron chi connectivity index (χ3n) is 10.1. The Kier molecular flexibility index (Phi) is 5.00. The van der Waals surface area contributed by atoms with E-state index in [1.54, 1.807) is 5.57 Å². The average molecular weight is 432 g/mol. The van der Waals surface area contributed by atoms with Crippen molar-refractivity contribution in [1.29, 1.82) is 0 Å². The van der Waals surface area contributed by atoms with Crippen molar-refractivity contribution in [3.05, 3.63) is 53.9 Å². The average Bonchev–Trinajstić information content (AvgIpc) is 3.10. The lowest BCUT2D eigenvalue weighted by atomic mass is 9.54. The molecule has 32 heavy (non-hydrogen) atoms. The van der Waals surface area contributed by atoms with Crippen molar-refractivity contribution in [1.82, 2.24) is 4.98 Å². The van der Waals surface area contributed by atoms with E-state index in [2.05, 4.69) is 42.2 Å². The molecule has 7 atom stereocenters. The molecular formula is C29H37NO2. The minimum absolute atomic E-state index is 0.171. The van der Waals surface area contributed by atoms with E-state index in [9.17, 15) is 5.11 Å². The molecule has 0 amide bonds. The summed E-state index contributed by atoms with van der Waals surface area (Å²) in [5, 5.41) is 14.8. The molecule has 4 aliphatic rings. The van der Waals surface area contributed by atoms with E-state index in [-0.39, 0.29) is 5.41 Å². The quantitative estimate of drug-likeness (QED) is 0.559. The number of pyridine rings is 1. The number of rotatable bonds is 2. The summed E-state index contributed by atoms with van der Waals surface area (Å²) in [6.07, 6.45) is 17.0. The Hall–Kier alpha value is -1.71. The highest BCUT2D eigenvalue weighted by Gasteiger charge is 2.60. The zero-order valence-electron chi connectivity index (χ0n) is 19.6. The number of hydrogen-bond acceptors (Lipinski definition) is 3. The van der Waals surface area contributed by atoms with Gasteiger partial charge in [-0.2, -0.15) is 0 Å². The van der Waals surface area contributed by atoms with Crippen LogP contribution in [0.1, 0.15) is 76.2 Å². The van der Waals surface area contributed by atoms with Crippen molar-refractivity contribution in [2.24, 2.45) is 23.2 Å². The van der Waals surface area contributed by atoms with Crippen LogP contribution in [0, 0.1) is 23.2 Å². The summed E-state index contributed by atoms with van der Waals surface area (Å²) in [6.45, 7) is 2.49. The zero-order chi connectivity index (χ0) is 21.9. The molecule has 0 saturated heterocycles. The maximum atomic E-state index is 12.3. The second-order valence-electron chi connectivity index (χ2n) is 11.4. The van der Waals surface area contributed by atoms with Gasteiger partial charge in [0.15, 0.2) is 0 Å². The maximum absolute atomic E-state index is 12.3. The molecule has 3 heteroatoms. The molecule has 170 valence electrons. The molecule has 6 unspecified atom stereocenters. The summed E-state index contributed by atoms with van der Waals surface area (Å²) in [5.74, 6) is 1.86. The van der Waals surface area contributed by atoms with E-state index in [0.29, 0.717) is 29.8 Å². The molecule has 4 aliphatic carbocycles. The molecule has 0 bridgehead atoms. The first kappa shape index (κ1) is 20.9. The number of ether oxygens (including phenoxy) is 1. The molecule has 0 aliphatic heterocycles. The van der Waals surface area contributed by atoms with Crippen LogP contribution in [-0.4, -0.2) is 28.9 Å². The number of aliphatic hydroxyl groups is 1. The highest BCUT2D eigenvalue weighted by molar-refractivity contribution is 5.82. The van der Waals surface area contributed by atoms with Crippen molar-refractivity contribution in [2.45, 2.75) is 82.3 Å². The first-order valence-electron chi connectivity index (χ1n) is 12.8. The summed E-state index contributed by atoms with van der Waals surface area (Å²) >= 11 is 0. The second-order valence-corrected chi connectivity index (χ2v) is 11.4. The van der Waals surface area contributed by atoms with Gasteiger partial charge in [0.25, 0.3) is 0 Å². The van der Waals surface area contributed by atoms with Crippen LogP contribution in [0.3, 0.4) is 0 Å². The second kappa shape index (κ2) is 7.67. The molecule has 0 spiro atoms. The number of fused-ring (bicyclic) bond motifs is 5. The topological polar surface area (TPSA) is 42.4 Å². The predicted octanol–water partition coefficient (Wildman–Crippen LogP) is 6.41. The maximum Gasteiger partial charge on any atom is 0.0743 e. The zero-order valence-corrected chi connectivity index (χ0v) is 19.6. The van der Waals surface area contributed by atoms with E-state index in [1.165, 1.54) is 29.2 Å². The third-order valence-corrected chi connectivity index (χ3v) is 10.1. The number of aromatic nitrogens is 1. The predicted molar refractivity (Wildman–Crippen MR) is 128 cm³/mol. The number of methoxy groups -OCH3 is 1. The Labute approximate surface area is 192 Å². The SMILES string of the molecule is COC1CCC2=CC3CCC4(C)C(c5ccc6ccncc6c5)CCC4[C@@]3(O)CCC2C1. The first-order valence-corrected chi connectivity index (χ1v) is 12.8. The van der Waals surface area contributed by atoms with Gasteiger partial charge in [-0.3, -0.25) is 4.98 Å². The molecule has 0 radical (unpaired) electrons. The number of nitrogens with zero attached hydrogens (tertiary/aromatic N) is 1. The largest absolute Gasteiger partial charge is 0.389 e. The van der Waals surface area contributed by atoms with Gasteiger partial charge in [-0.1, -0.05) is 30.7 Å². The molecule has 6 rings (SSSR count). The smallest absolute Gasteiger partial charge is 0.0743 e. The molecule has 1 heterocycles. The van der Waals surface area contributed by atoms with Crippen LogP contribution >= 0.6 is 0 Å². The minimum Gasteiger partial charge on any atom is -0.389 e. The number of hydrogen-bond donors (Lipinski definition) is 1. The van der Waals surface area contributed by atoms with Crippen molar-refractivity contribution >= 4 is 10.8 Å². The normalized spacial score (nSPS) is 41.3. The molecule has 3 fully saturated rings. The summed E-state index contributed by atoms with van der Waals surface area (Å²) < 4.78 is 5.71. The highest BCUT2D eigenvalue weighted by Crippen LogP contribution is 2.65. The lowest BCUT2D eigenvalue weighted by molar-refractivity contribution is -0.130. The van der Waals surface area contributed by atoms with Gasteiger partial charge < -0.3 is 9.84 Å². The van der Waals surface area contributed by atoms with Crippen LogP contribution in [-0.2, 0) is 4.74 Å². The van der Waals surface area contributed by atoms with Crippen LogP contribution in [0.4, 0.5) is 0 Å². The number of allylic oxidation sites excluding steroid dienone is 1. The van der Waals surface area contributed by atoms with E-state index in [1.807, 2.05) is 19.5 Å². The molecule has 3 saturated carbocycles. The minimum atomic E-state index is -0.549. The van der Waals surface area contributed by atoms with Gasteiger partial charge in [0.1, 0.15) is 0 Å². The monoisotopic (exact) mass is 431 g/mol. The molecule has 1 N–H and O–H groups in total. The van der Waals surface area contributed by atoms with Crippen LogP contribution < -0.4 is 0 Å². The van der Waals surface area contributed by atoms with Gasteiger partial charge in [-0.05, 0) is 104 Å². The van der Waals surface area contributed by atoms with Crippen LogP contribution in [0.5, 0.6) is 0 Å². The van der Waals surface area contributed by atoms with Gasteiger partial charge >= 0.3 is 0 Å². The summed E-state index contributed by atoms with van der Waals surface area (Å²) in [5.41, 5.74) is 2.69. The standard InChI is InChI=1S/C29H37NO2/c1-28-12-10-24-16-20-5-6-25(32-2)17-21(20)9-13-29(24,31)27(28)8-7-26(28)22-4-3-19-11-14-30-18-23(19)15-22/h3-4,11,14-16,18,21,24-27,31H,5-10,12-13,17H2,1-2H3/t21?,24?,25?,26?,27?,28?,29-/m1/s1. The van der Waals surface area contributed by atoms with Crippen molar-refractivity contribution < 1.29 is 9.84 Å². The summed E-state index contributed by atoms with van der Waals surface area (Å²) in [6, 6.07) is 9.06. The lowest BCUT2D eigenvalue weighted by Gasteiger charge is -2.53. The third kappa shape index (κ3) is 3.11.